The molecule has 4 unspecified atom stereocenters. The Labute approximate surface area is 65.4 Å². The van der Waals surface area contributed by atoms with E-state index in [2.05, 4.69) is 0 Å². The fourth-order valence-corrected chi connectivity index (χ4v) is 1.24. The Balaban J connectivity index is 2.59. The Morgan fingerprint density at radius 1 is 1.09 bits per heavy atom. The molecule has 0 aromatic carbocycles. The molecule has 3 N–H and O–H groups in total. The highest BCUT2D eigenvalue weighted by molar-refractivity contribution is 4.87. The van der Waals surface area contributed by atoms with E-state index >= 15 is 0 Å². The molecule has 1 rings (SSSR count). The molecule has 4 heteroatoms. The van der Waals surface area contributed by atoms with Crippen molar-refractivity contribution in [1.29, 1.82) is 0 Å². The first kappa shape index (κ1) is 8.93. The van der Waals surface area contributed by atoms with Crippen LogP contribution in [-0.2, 0) is 4.74 Å². The zero-order chi connectivity index (χ0) is 8.59. The zero-order valence-corrected chi connectivity index (χ0v) is 6.64. The van der Waals surface area contributed by atoms with Crippen LogP contribution in [0.5, 0.6) is 0 Å². The summed E-state index contributed by atoms with van der Waals surface area (Å²) in [6, 6.07) is 0. The molecule has 4 atom stereocenters. The molecule has 0 radical (unpaired) electrons. The van der Waals surface area contributed by atoms with E-state index < -0.39 is 24.6 Å². The lowest BCUT2D eigenvalue weighted by molar-refractivity contribution is -0.133. The SMILES string of the molecule is CC(C)C1OC(O)C(O)C1O. The maximum absolute atomic E-state index is 9.26. The summed E-state index contributed by atoms with van der Waals surface area (Å²) in [7, 11) is 0. The molecule has 66 valence electrons. The number of rotatable bonds is 1. The van der Waals surface area contributed by atoms with Crippen LogP contribution in [0.25, 0.3) is 0 Å². The van der Waals surface area contributed by atoms with Gasteiger partial charge < -0.3 is 20.1 Å². The van der Waals surface area contributed by atoms with E-state index in [4.69, 9.17) is 14.9 Å². The van der Waals surface area contributed by atoms with Crippen LogP contribution in [0.4, 0.5) is 0 Å². The second kappa shape index (κ2) is 3.06. The molecule has 0 aromatic heterocycles. The minimum atomic E-state index is -1.24. The number of ether oxygens (including phenoxy) is 1. The van der Waals surface area contributed by atoms with Gasteiger partial charge in [0.1, 0.15) is 12.2 Å². The van der Waals surface area contributed by atoms with Crippen LogP contribution in [0.3, 0.4) is 0 Å². The number of aliphatic hydroxyl groups excluding tert-OH is 3. The van der Waals surface area contributed by atoms with Gasteiger partial charge in [0, 0.05) is 0 Å². The van der Waals surface area contributed by atoms with Crippen molar-refractivity contribution >= 4 is 0 Å². The highest BCUT2D eigenvalue weighted by Gasteiger charge is 2.42. The minimum Gasteiger partial charge on any atom is -0.387 e. The van der Waals surface area contributed by atoms with Gasteiger partial charge in [-0.15, -0.1) is 0 Å². The summed E-state index contributed by atoms with van der Waals surface area (Å²) in [4.78, 5) is 0. The van der Waals surface area contributed by atoms with Crippen molar-refractivity contribution in [3.63, 3.8) is 0 Å². The fraction of sp³-hybridized carbons (Fsp3) is 1.00. The van der Waals surface area contributed by atoms with Gasteiger partial charge in [0.15, 0.2) is 6.29 Å². The maximum atomic E-state index is 9.26. The fourth-order valence-electron chi connectivity index (χ4n) is 1.24. The molecular weight excluding hydrogens is 148 g/mol. The van der Waals surface area contributed by atoms with Crippen molar-refractivity contribution in [3.8, 4) is 0 Å². The van der Waals surface area contributed by atoms with Gasteiger partial charge in [0.25, 0.3) is 0 Å². The van der Waals surface area contributed by atoms with E-state index in [1.165, 1.54) is 0 Å². The summed E-state index contributed by atoms with van der Waals surface area (Å²) < 4.78 is 4.90. The average Bonchev–Trinajstić information content (AvgIpc) is 2.17. The Bertz CT molecular complexity index is 136. The number of hydrogen-bond acceptors (Lipinski definition) is 4. The molecule has 0 aliphatic carbocycles. The highest BCUT2D eigenvalue weighted by atomic mass is 16.6. The predicted molar refractivity (Wildman–Crippen MR) is 37.7 cm³/mol. The van der Waals surface area contributed by atoms with Gasteiger partial charge in [-0.2, -0.15) is 0 Å². The lowest BCUT2D eigenvalue weighted by Gasteiger charge is -2.17. The average molecular weight is 162 g/mol. The van der Waals surface area contributed by atoms with Crippen LogP contribution >= 0.6 is 0 Å². The lowest BCUT2D eigenvalue weighted by Crippen LogP contribution is -2.34. The third-order valence-electron chi connectivity index (χ3n) is 1.93. The first-order valence-corrected chi connectivity index (χ1v) is 3.73. The summed E-state index contributed by atoms with van der Waals surface area (Å²) in [5.74, 6) is 0.0943. The van der Waals surface area contributed by atoms with Gasteiger partial charge in [-0.1, -0.05) is 13.8 Å². The molecule has 11 heavy (non-hydrogen) atoms. The molecule has 0 spiro atoms. The van der Waals surface area contributed by atoms with Gasteiger partial charge in [0.05, 0.1) is 6.10 Å². The lowest BCUT2D eigenvalue weighted by atomic mass is 10.0. The van der Waals surface area contributed by atoms with E-state index in [-0.39, 0.29) is 5.92 Å². The summed E-state index contributed by atoms with van der Waals surface area (Å²) in [5.41, 5.74) is 0. The molecular formula is C7H14O4. The number of aliphatic hydroxyl groups is 3. The molecule has 0 aromatic rings. The number of hydrogen-bond donors (Lipinski definition) is 3. The van der Waals surface area contributed by atoms with Crippen LogP contribution in [0.15, 0.2) is 0 Å². The van der Waals surface area contributed by atoms with E-state index in [0.717, 1.165) is 0 Å². The van der Waals surface area contributed by atoms with Gasteiger partial charge in [0.2, 0.25) is 0 Å². The van der Waals surface area contributed by atoms with Crippen LogP contribution in [0.2, 0.25) is 0 Å². The van der Waals surface area contributed by atoms with Crippen molar-refractivity contribution in [2.24, 2.45) is 5.92 Å². The Hall–Kier alpha value is -0.160. The largest absolute Gasteiger partial charge is 0.387 e. The minimum absolute atomic E-state index is 0.0943. The van der Waals surface area contributed by atoms with E-state index in [9.17, 15) is 5.11 Å². The molecule has 1 aliphatic heterocycles. The van der Waals surface area contributed by atoms with Crippen molar-refractivity contribution in [3.05, 3.63) is 0 Å². The van der Waals surface area contributed by atoms with Gasteiger partial charge >= 0.3 is 0 Å². The monoisotopic (exact) mass is 162 g/mol. The van der Waals surface area contributed by atoms with Crippen LogP contribution in [-0.4, -0.2) is 39.9 Å². The molecule has 4 nitrogen and oxygen atoms in total. The highest BCUT2D eigenvalue weighted by Crippen LogP contribution is 2.24. The Kier molecular flexibility index (Phi) is 2.49. The van der Waals surface area contributed by atoms with Crippen molar-refractivity contribution in [2.75, 3.05) is 0 Å². The second-order valence-corrected chi connectivity index (χ2v) is 3.22. The van der Waals surface area contributed by atoms with Crippen LogP contribution in [0.1, 0.15) is 13.8 Å². The molecule has 1 saturated heterocycles. The van der Waals surface area contributed by atoms with Crippen molar-refractivity contribution in [2.45, 2.75) is 38.4 Å². The van der Waals surface area contributed by atoms with Crippen molar-refractivity contribution in [1.82, 2.24) is 0 Å². The van der Waals surface area contributed by atoms with Gasteiger partial charge in [-0.25, -0.2) is 0 Å². The van der Waals surface area contributed by atoms with Crippen molar-refractivity contribution < 1.29 is 20.1 Å². The summed E-state index contributed by atoms with van der Waals surface area (Å²) >= 11 is 0. The molecule has 0 bridgehead atoms. The quantitative estimate of drug-likeness (QED) is 0.466. The van der Waals surface area contributed by atoms with E-state index in [1.807, 2.05) is 13.8 Å². The zero-order valence-electron chi connectivity index (χ0n) is 6.64. The summed E-state index contributed by atoms with van der Waals surface area (Å²) in [6.45, 7) is 3.72. The summed E-state index contributed by atoms with van der Waals surface area (Å²) in [6.07, 6.45) is -3.83. The van der Waals surface area contributed by atoms with Gasteiger partial charge in [-0.05, 0) is 5.92 Å². The topological polar surface area (TPSA) is 69.9 Å². The molecule has 1 fully saturated rings. The molecule has 0 amide bonds. The smallest absolute Gasteiger partial charge is 0.183 e. The first-order valence-electron chi connectivity index (χ1n) is 3.73. The predicted octanol–water partition coefficient (Wildman–Crippen LogP) is -0.919. The normalized spacial score (nSPS) is 45.3. The van der Waals surface area contributed by atoms with Crippen LogP contribution < -0.4 is 0 Å². The third kappa shape index (κ3) is 1.54. The first-order chi connectivity index (χ1) is 5.04. The molecule has 1 aliphatic rings. The third-order valence-corrected chi connectivity index (χ3v) is 1.93. The van der Waals surface area contributed by atoms with E-state index in [0.29, 0.717) is 0 Å². The standard InChI is InChI=1S/C7H14O4/c1-3(2)6-4(8)5(9)7(10)11-6/h3-10H,1-2H3. The second-order valence-electron chi connectivity index (χ2n) is 3.22. The van der Waals surface area contributed by atoms with Crippen LogP contribution in [0, 0.1) is 5.92 Å². The van der Waals surface area contributed by atoms with Gasteiger partial charge in [-0.3, -0.25) is 0 Å². The maximum Gasteiger partial charge on any atom is 0.183 e. The Morgan fingerprint density at radius 2 is 1.64 bits per heavy atom. The Morgan fingerprint density at radius 3 is 1.82 bits per heavy atom. The molecule has 0 saturated carbocycles. The van der Waals surface area contributed by atoms with E-state index in [1.54, 1.807) is 0 Å². The molecule has 1 heterocycles. The summed E-state index contributed by atoms with van der Waals surface area (Å²) in [5, 5.41) is 27.3.